The molecule has 5 atom stereocenters. The number of fused-ring (bicyclic) bond motifs is 1. The average molecular weight is 435 g/mol. The van der Waals surface area contributed by atoms with E-state index in [9.17, 15) is 15.3 Å². The van der Waals surface area contributed by atoms with Gasteiger partial charge >= 0.3 is 0 Å². The first-order chi connectivity index (χ1) is 14.4. The van der Waals surface area contributed by atoms with E-state index in [4.69, 9.17) is 25.8 Å². The molecule has 1 fully saturated rings. The van der Waals surface area contributed by atoms with Crippen LogP contribution in [0.1, 0.15) is 42.2 Å². The van der Waals surface area contributed by atoms with Crippen LogP contribution in [0.5, 0.6) is 11.5 Å². The predicted molar refractivity (Wildman–Crippen MR) is 112 cm³/mol. The molecule has 2 aromatic rings. The molecular weight excluding hydrogens is 408 g/mol. The summed E-state index contributed by atoms with van der Waals surface area (Å²) in [6, 6.07) is 9.75. The van der Waals surface area contributed by atoms with Gasteiger partial charge in [-0.2, -0.15) is 0 Å². The highest BCUT2D eigenvalue weighted by Crippen LogP contribution is 2.44. The highest BCUT2D eigenvalue weighted by molar-refractivity contribution is 6.33. The second-order valence-electron chi connectivity index (χ2n) is 7.83. The monoisotopic (exact) mass is 434 g/mol. The van der Waals surface area contributed by atoms with Crippen LogP contribution in [0.2, 0.25) is 5.02 Å². The SMILES string of the molecule is CCOc1ccc(Cc2cc([C@@H]3O[C@H](C)[C@@H](O)[C@H](O)[C@H]3O)c3c(c2Cl)OCC3)cc1. The third-order valence-corrected chi connectivity index (χ3v) is 6.23. The first-order valence-electron chi connectivity index (χ1n) is 10.3. The van der Waals surface area contributed by atoms with Crippen LogP contribution < -0.4 is 9.47 Å². The molecule has 0 bridgehead atoms. The lowest BCUT2D eigenvalue weighted by Crippen LogP contribution is -2.53. The van der Waals surface area contributed by atoms with E-state index in [0.29, 0.717) is 36.8 Å². The molecule has 1 saturated heterocycles. The molecule has 2 aromatic carbocycles. The Kier molecular flexibility index (Phi) is 6.23. The number of ether oxygens (including phenoxy) is 3. The Morgan fingerprint density at radius 1 is 1.10 bits per heavy atom. The Morgan fingerprint density at radius 2 is 1.83 bits per heavy atom. The highest BCUT2D eigenvalue weighted by atomic mass is 35.5. The van der Waals surface area contributed by atoms with Crippen molar-refractivity contribution in [3.8, 4) is 11.5 Å². The van der Waals surface area contributed by atoms with Crippen LogP contribution in [-0.4, -0.2) is 52.9 Å². The van der Waals surface area contributed by atoms with Crippen molar-refractivity contribution in [3.63, 3.8) is 0 Å². The van der Waals surface area contributed by atoms with Crippen LogP contribution in [0.4, 0.5) is 0 Å². The van der Waals surface area contributed by atoms with Gasteiger partial charge in [0.2, 0.25) is 0 Å². The number of rotatable bonds is 5. The van der Waals surface area contributed by atoms with Gasteiger partial charge in [-0.3, -0.25) is 0 Å². The summed E-state index contributed by atoms with van der Waals surface area (Å²) in [5.41, 5.74) is 3.53. The van der Waals surface area contributed by atoms with Crippen molar-refractivity contribution < 1.29 is 29.5 Å². The second-order valence-corrected chi connectivity index (χ2v) is 8.21. The first-order valence-corrected chi connectivity index (χ1v) is 10.7. The summed E-state index contributed by atoms with van der Waals surface area (Å²) in [6.45, 7) is 4.73. The quantitative estimate of drug-likeness (QED) is 0.670. The fourth-order valence-corrected chi connectivity index (χ4v) is 4.48. The molecule has 0 amide bonds. The Bertz CT molecular complexity index is 900. The van der Waals surface area contributed by atoms with Crippen molar-refractivity contribution >= 4 is 11.6 Å². The zero-order valence-electron chi connectivity index (χ0n) is 17.0. The van der Waals surface area contributed by atoms with Gasteiger partial charge in [-0.25, -0.2) is 0 Å². The van der Waals surface area contributed by atoms with E-state index in [0.717, 1.165) is 28.0 Å². The van der Waals surface area contributed by atoms with Crippen LogP contribution in [0.3, 0.4) is 0 Å². The number of halogens is 1. The molecule has 2 aliphatic rings. The summed E-state index contributed by atoms with van der Waals surface area (Å²) in [5, 5.41) is 31.5. The van der Waals surface area contributed by atoms with Crippen molar-refractivity contribution in [2.75, 3.05) is 13.2 Å². The minimum atomic E-state index is -1.29. The molecule has 0 unspecified atom stereocenters. The standard InChI is InChI=1S/C23H27ClO6/c1-3-28-15-6-4-13(5-7-15)10-14-11-17(16-8-9-29-22(16)18(14)24)23-21(27)20(26)19(25)12(2)30-23/h4-7,11-12,19-21,23,25-27H,3,8-10H2,1-2H3/t12-,19-,20+,21-,23+/m1/s1. The molecule has 0 saturated carbocycles. The van der Waals surface area contributed by atoms with E-state index in [1.165, 1.54) is 0 Å². The van der Waals surface area contributed by atoms with Gasteiger partial charge in [0, 0.05) is 12.0 Å². The lowest BCUT2D eigenvalue weighted by molar-refractivity contribution is -0.219. The molecule has 0 aliphatic carbocycles. The predicted octanol–water partition coefficient (Wildman–Crippen LogP) is 2.81. The van der Waals surface area contributed by atoms with Gasteiger partial charge in [0.15, 0.2) is 0 Å². The fourth-order valence-electron chi connectivity index (χ4n) is 4.19. The maximum absolute atomic E-state index is 10.6. The third kappa shape index (κ3) is 3.90. The van der Waals surface area contributed by atoms with Crippen molar-refractivity contribution in [3.05, 3.63) is 57.6 Å². The maximum Gasteiger partial charge on any atom is 0.141 e. The van der Waals surface area contributed by atoms with E-state index >= 15 is 0 Å². The van der Waals surface area contributed by atoms with Gasteiger partial charge in [0.1, 0.15) is 35.9 Å². The minimum Gasteiger partial charge on any atom is -0.494 e. The molecule has 2 heterocycles. The number of hydrogen-bond donors (Lipinski definition) is 3. The number of aliphatic hydroxyl groups excluding tert-OH is 3. The maximum atomic E-state index is 10.6. The zero-order chi connectivity index (χ0) is 21.4. The molecule has 6 nitrogen and oxygen atoms in total. The minimum absolute atomic E-state index is 0.498. The van der Waals surface area contributed by atoms with Gasteiger partial charge in [0.25, 0.3) is 0 Å². The molecule has 30 heavy (non-hydrogen) atoms. The summed E-state index contributed by atoms with van der Waals surface area (Å²) in [6.07, 6.45) is -3.86. The van der Waals surface area contributed by atoms with Crippen molar-refractivity contribution in [1.29, 1.82) is 0 Å². The number of hydrogen-bond acceptors (Lipinski definition) is 6. The molecule has 0 spiro atoms. The van der Waals surface area contributed by atoms with E-state index in [-0.39, 0.29) is 0 Å². The Hall–Kier alpha value is -1.83. The lowest BCUT2D eigenvalue weighted by Gasteiger charge is -2.40. The van der Waals surface area contributed by atoms with Crippen LogP contribution in [-0.2, 0) is 17.6 Å². The van der Waals surface area contributed by atoms with E-state index < -0.39 is 30.5 Å². The molecule has 2 aliphatic heterocycles. The van der Waals surface area contributed by atoms with E-state index in [1.54, 1.807) is 6.92 Å². The number of aliphatic hydroxyl groups is 3. The van der Waals surface area contributed by atoms with Gasteiger partial charge in [-0.15, -0.1) is 0 Å². The summed E-state index contributed by atoms with van der Waals surface area (Å²) < 4.78 is 17.2. The van der Waals surface area contributed by atoms with Crippen molar-refractivity contribution in [2.45, 2.75) is 57.2 Å². The third-order valence-electron chi connectivity index (χ3n) is 5.82. The molecule has 0 aromatic heterocycles. The molecule has 4 rings (SSSR count). The fraction of sp³-hybridized carbons (Fsp3) is 0.478. The summed E-state index contributed by atoms with van der Waals surface area (Å²) >= 11 is 6.67. The van der Waals surface area contributed by atoms with E-state index in [1.807, 2.05) is 37.3 Å². The van der Waals surface area contributed by atoms with Crippen LogP contribution >= 0.6 is 11.6 Å². The Balaban J connectivity index is 1.69. The van der Waals surface area contributed by atoms with Gasteiger partial charge in [0.05, 0.1) is 24.3 Å². The van der Waals surface area contributed by atoms with Crippen molar-refractivity contribution in [1.82, 2.24) is 0 Å². The van der Waals surface area contributed by atoms with Crippen LogP contribution in [0.25, 0.3) is 0 Å². The van der Waals surface area contributed by atoms with E-state index in [2.05, 4.69) is 0 Å². The highest BCUT2D eigenvalue weighted by Gasteiger charge is 2.44. The zero-order valence-corrected chi connectivity index (χ0v) is 17.8. The normalized spacial score (nSPS) is 28.1. The Morgan fingerprint density at radius 3 is 2.53 bits per heavy atom. The van der Waals surface area contributed by atoms with Gasteiger partial charge < -0.3 is 29.5 Å². The molecule has 0 radical (unpaired) electrons. The summed E-state index contributed by atoms with van der Waals surface area (Å²) in [5.74, 6) is 1.42. The van der Waals surface area contributed by atoms with Crippen LogP contribution in [0.15, 0.2) is 30.3 Å². The molecule has 162 valence electrons. The summed E-state index contributed by atoms with van der Waals surface area (Å²) in [4.78, 5) is 0. The lowest BCUT2D eigenvalue weighted by atomic mass is 9.87. The second kappa shape index (κ2) is 8.73. The smallest absolute Gasteiger partial charge is 0.141 e. The average Bonchev–Trinajstić information content (AvgIpc) is 3.23. The molecule has 7 heteroatoms. The largest absolute Gasteiger partial charge is 0.494 e. The van der Waals surface area contributed by atoms with Gasteiger partial charge in [-0.1, -0.05) is 29.8 Å². The van der Waals surface area contributed by atoms with Crippen molar-refractivity contribution in [2.24, 2.45) is 0 Å². The Labute approximate surface area is 181 Å². The molecule has 3 N–H and O–H groups in total. The summed E-state index contributed by atoms with van der Waals surface area (Å²) in [7, 11) is 0. The molecular formula is C23H27ClO6. The van der Waals surface area contributed by atoms with Crippen LogP contribution in [0, 0.1) is 0 Å². The topological polar surface area (TPSA) is 88.4 Å². The first kappa shape index (κ1) is 21.4. The van der Waals surface area contributed by atoms with Gasteiger partial charge in [-0.05, 0) is 49.1 Å². The number of benzene rings is 2.